The van der Waals surface area contributed by atoms with Crippen molar-refractivity contribution < 1.29 is 34.4 Å². The number of hydrogen-bond acceptors (Lipinski definition) is 7. The second-order valence-corrected chi connectivity index (χ2v) is 6.40. The summed E-state index contributed by atoms with van der Waals surface area (Å²) >= 11 is 0. The van der Waals surface area contributed by atoms with Gasteiger partial charge in [-0.3, -0.25) is 9.59 Å². The standard InChI is InChI=1S/C23H23NO7/c1-30-21-11-14(5-9-19(21)27)3-7-17(25)16(13-23(24)29)18(26)8-4-15-6-10-20(28)22(12-15)31-2/h3-12,25,27-28H,13H2,1-2H3,(H2,24,29)/b7-3+,8-4+,17-16-. The summed E-state index contributed by atoms with van der Waals surface area (Å²) in [6.45, 7) is 0. The molecule has 0 aromatic heterocycles. The van der Waals surface area contributed by atoms with Crippen molar-refractivity contribution >= 4 is 23.8 Å². The van der Waals surface area contributed by atoms with E-state index in [1.807, 2.05) is 0 Å². The van der Waals surface area contributed by atoms with E-state index < -0.39 is 23.9 Å². The topological polar surface area (TPSA) is 139 Å². The highest BCUT2D eigenvalue weighted by molar-refractivity contribution is 6.09. The summed E-state index contributed by atoms with van der Waals surface area (Å²) in [4.78, 5) is 24.0. The van der Waals surface area contributed by atoms with Crippen LogP contribution in [0.5, 0.6) is 23.0 Å². The van der Waals surface area contributed by atoms with Crippen LogP contribution in [0.4, 0.5) is 0 Å². The van der Waals surface area contributed by atoms with E-state index in [2.05, 4.69) is 0 Å². The fourth-order valence-corrected chi connectivity index (χ4v) is 2.62. The van der Waals surface area contributed by atoms with Gasteiger partial charge in [0.15, 0.2) is 28.8 Å². The van der Waals surface area contributed by atoms with E-state index in [0.29, 0.717) is 11.1 Å². The first-order valence-corrected chi connectivity index (χ1v) is 9.10. The smallest absolute Gasteiger partial charge is 0.222 e. The molecule has 2 rings (SSSR count). The Bertz CT molecular complexity index is 1070. The third kappa shape index (κ3) is 6.40. The van der Waals surface area contributed by atoms with Crippen molar-refractivity contribution in [2.24, 2.45) is 5.73 Å². The van der Waals surface area contributed by atoms with E-state index in [0.717, 1.165) is 0 Å². The molecule has 0 atom stereocenters. The number of ketones is 1. The second-order valence-electron chi connectivity index (χ2n) is 6.40. The highest BCUT2D eigenvalue weighted by Crippen LogP contribution is 2.28. The van der Waals surface area contributed by atoms with Gasteiger partial charge in [-0.25, -0.2) is 0 Å². The number of amides is 1. The Morgan fingerprint density at radius 1 is 0.903 bits per heavy atom. The monoisotopic (exact) mass is 425 g/mol. The molecule has 8 heteroatoms. The molecule has 0 radical (unpaired) electrons. The van der Waals surface area contributed by atoms with Gasteiger partial charge < -0.3 is 30.5 Å². The molecular weight excluding hydrogens is 402 g/mol. The Labute approximate surface area is 179 Å². The number of methoxy groups -OCH3 is 2. The summed E-state index contributed by atoms with van der Waals surface area (Å²) in [5.41, 5.74) is 6.18. The van der Waals surface area contributed by atoms with E-state index in [-0.39, 0.29) is 28.6 Å². The summed E-state index contributed by atoms with van der Waals surface area (Å²) in [6.07, 6.45) is 4.90. The molecule has 0 aliphatic heterocycles. The Hall–Kier alpha value is -4.20. The predicted molar refractivity (Wildman–Crippen MR) is 116 cm³/mol. The number of primary amides is 1. The molecule has 0 saturated heterocycles. The molecule has 0 saturated carbocycles. The highest BCUT2D eigenvalue weighted by Gasteiger charge is 2.14. The zero-order chi connectivity index (χ0) is 23.0. The number of hydrogen-bond donors (Lipinski definition) is 4. The van der Waals surface area contributed by atoms with Crippen LogP contribution >= 0.6 is 0 Å². The van der Waals surface area contributed by atoms with Crippen molar-refractivity contribution in [1.29, 1.82) is 0 Å². The predicted octanol–water partition coefficient (Wildman–Crippen LogP) is 3.10. The lowest BCUT2D eigenvalue weighted by Gasteiger charge is -2.06. The minimum Gasteiger partial charge on any atom is -0.508 e. The molecule has 0 unspecified atom stereocenters. The minimum atomic E-state index is -0.783. The van der Waals surface area contributed by atoms with E-state index in [1.165, 1.54) is 62.8 Å². The van der Waals surface area contributed by atoms with E-state index in [4.69, 9.17) is 15.2 Å². The number of aromatic hydroxyl groups is 2. The van der Waals surface area contributed by atoms with Crippen molar-refractivity contribution in [3.63, 3.8) is 0 Å². The number of rotatable bonds is 9. The number of nitrogens with two attached hydrogens (primary N) is 1. The van der Waals surface area contributed by atoms with E-state index in [9.17, 15) is 24.9 Å². The lowest BCUT2D eigenvalue weighted by atomic mass is 10.0. The quantitative estimate of drug-likeness (QED) is 0.275. The number of allylic oxidation sites excluding steroid dienone is 2. The zero-order valence-corrected chi connectivity index (χ0v) is 17.0. The molecule has 0 fully saturated rings. The lowest BCUT2D eigenvalue weighted by molar-refractivity contribution is -0.119. The van der Waals surface area contributed by atoms with Crippen LogP contribution in [0, 0.1) is 0 Å². The SMILES string of the molecule is COc1cc(/C=C/C(=O)/C(CC(N)=O)=C(O)/C=C/c2ccc(O)c(OC)c2)ccc1O. The Morgan fingerprint density at radius 3 is 1.84 bits per heavy atom. The van der Waals surface area contributed by atoms with E-state index >= 15 is 0 Å². The summed E-state index contributed by atoms with van der Waals surface area (Å²) < 4.78 is 10.0. The number of phenols is 2. The Kier molecular flexibility index (Phi) is 7.85. The molecule has 2 aromatic rings. The number of carbonyl (C=O) groups excluding carboxylic acids is 2. The fourth-order valence-electron chi connectivity index (χ4n) is 2.62. The second kappa shape index (κ2) is 10.5. The molecular formula is C23H23NO7. The molecule has 0 bridgehead atoms. The van der Waals surface area contributed by atoms with Crippen LogP contribution in [0.3, 0.4) is 0 Å². The van der Waals surface area contributed by atoms with Crippen molar-refractivity contribution in [1.82, 2.24) is 0 Å². The van der Waals surface area contributed by atoms with Crippen LogP contribution < -0.4 is 15.2 Å². The first kappa shape index (κ1) is 23.1. The van der Waals surface area contributed by atoms with Crippen molar-refractivity contribution in [2.45, 2.75) is 6.42 Å². The number of ether oxygens (including phenoxy) is 2. The Balaban J connectivity index is 2.31. The maximum absolute atomic E-state index is 12.6. The van der Waals surface area contributed by atoms with Crippen LogP contribution in [-0.2, 0) is 9.59 Å². The summed E-state index contributed by atoms with van der Waals surface area (Å²) in [5, 5.41) is 29.7. The van der Waals surface area contributed by atoms with Gasteiger partial charge in [-0.2, -0.15) is 0 Å². The summed E-state index contributed by atoms with van der Waals surface area (Å²) in [6, 6.07) is 9.03. The van der Waals surface area contributed by atoms with Gasteiger partial charge in [-0.15, -0.1) is 0 Å². The largest absolute Gasteiger partial charge is 0.508 e. The normalized spacial score (nSPS) is 12.1. The van der Waals surface area contributed by atoms with Crippen LogP contribution in [-0.4, -0.2) is 41.2 Å². The average molecular weight is 425 g/mol. The maximum Gasteiger partial charge on any atom is 0.222 e. The van der Waals surface area contributed by atoms with Crippen LogP contribution in [0.15, 0.2) is 59.9 Å². The number of aliphatic hydroxyl groups is 1. The molecule has 8 nitrogen and oxygen atoms in total. The van der Waals surface area contributed by atoms with Gasteiger partial charge in [0.25, 0.3) is 0 Å². The zero-order valence-electron chi connectivity index (χ0n) is 17.0. The van der Waals surface area contributed by atoms with Crippen LogP contribution in [0.25, 0.3) is 12.2 Å². The highest BCUT2D eigenvalue weighted by atomic mass is 16.5. The van der Waals surface area contributed by atoms with Crippen molar-refractivity contribution in [3.8, 4) is 23.0 Å². The molecule has 0 aliphatic carbocycles. The van der Waals surface area contributed by atoms with Gasteiger partial charge in [0, 0.05) is 0 Å². The molecule has 31 heavy (non-hydrogen) atoms. The third-order valence-electron chi connectivity index (χ3n) is 4.23. The van der Waals surface area contributed by atoms with E-state index in [1.54, 1.807) is 12.1 Å². The Morgan fingerprint density at radius 2 is 1.39 bits per heavy atom. The van der Waals surface area contributed by atoms with Crippen molar-refractivity contribution in [2.75, 3.05) is 14.2 Å². The fraction of sp³-hybridized carbons (Fsp3) is 0.130. The third-order valence-corrected chi connectivity index (χ3v) is 4.23. The van der Waals surface area contributed by atoms with Gasteiger partial charge >= 0.3 is 0 Å². The molecule has 1 amide bonds. The number of carbonyl (C=O) groups is 2. The van der Waals surface area contributed by atoms with Crippen LogP contribution in [0.1, 0.15) is 17.5 Å². The molecule has 0 heterocycles. The van der Waals surface area contributed by atoms with Gasteiger partial charge in [-0.05, 0) is 47.5 Å². The molecule has 5 N–H and O–H groups in total. The molecule has 0 spiro atoms. The summed E-state index contributed by atoms with van der Waals surface area (Å²) in [5.74, 6) is -1.44. The van der Waals surface area contributed by atoms with Crippen LogP contribution in [0.2, 0.25) is 0 Å². The number of benzene rings is 2. The maximum atomic E-state index is 12.6. The van der Waals surface area contributed by atoms with Crippen molar-refractivity contribution in [3.05, 3.63) is 71.0 Å². The lowest BCUT2D eigenvalue weighted by Crippen LogP contribution is -2.15. The van der Waals surface area contributed by atoms with Gasteiger partial charge in [-0.1, -0.05) is 24.3 Å². The molecule has 2 aromatic carbocycles. The molecule has 162 valence electrons. The average Bonchev–Trinajstić information content (AvgIpc) is 2.75. The summed E-state index contributed by atoms with van der Waals surface area (Å²) in [7, 11) is 2.80. The van der Waals surface area contributed by atoms with Gasteiger partial charge in [0.2, 0.25) is 5.91 Å². The number of aliphatic hydroxyl groups excluding tert-OH is 1. The first-order valence-electron chi connectivity index (χ1n) is 9.10. The number of phenolic OH excluding ortho intramolecular Hbond substituents is 2. The van der Waals surface area contributed by atoms with Gasteiger partial charge in [0.05, 0.1) is 26.2 Å². The molecule has 0 aliphatic rings. The minimum absolute atomic E-state index is 0.0417. The van der Waals surface area contributed by atoms with Gasteiger partial charge in [0.1, 0.15) is 5.76 Å². The first-order chi connectivity index (χ1) is 14.7.